The minimum atomic E-state index is -0.393. The number of fused-ring (bicyclic) bond motifs is 1. The van der Waals surface area contributed by atoms with Crippen LogP contribution in [-0.4, -0.2) is 85.4 Å². The third kappa shape index (κ3) is 6.34. The van der Waals surface area contributed by atoms with E-state index in [1.807, 2.05) is 24.3 Å². The maximum atomic E-state index is 11.5. The number of hydrogen-bond donors (Lipinski definition) is 2. The monoisotopic (exact) mass is 555 g/mol. The molecule has 1 fully saturated rings. The Kier molecular flexibility index (Phi) is 10.2. The van der Waals surface area contributed by atoms with Crippen molar-refractivity contribution in [1.29, 1.82) is 0 Å². The van der Waals surface area contributed by atoms with E-state index in [4.69, 9.17) is 20.9 Å². The summed E-state index contributed by atoms with van der Waals surface area (Å²) in [5.41, 5.74) is 16.8. The quantitative estimate of drug-likeness (QED) is 0.297. The third-order valence-electron chi connectivity index (χ3n) is 8.44. The number of nitrogens with zero attached hydrogens (tertiary/aromatic N) is 5. The van der Waals surface area contributed by atoms with Gasteiger partial charge < -0.3 is 25.0 Å². The Balaban J connectivity index is 1.53. The summed E-state index contributed by atoms with van der Waals surface area (Å²) < 4.78 is 11.2. The number of methoxy groups -OCH3 is 2. The lowest BCUT2D eigenvalue weighted by Gasteiger charge is -2.52. The highest BCUT2D eigenvalue weighted by Gasteiger charge is 2.41. The molecule has 2 unspecified atom stereocenters. The van der Waals surface area contributed by atoms with Gasteiger partial charge in [-0.15, -0.1) is 0 Å². The number of ether oxygens (including phenoxy) is 2. The first-order valence-corrected chi connectivity index (χ1v) is 14.3. The average molecular weight is 556 g/mol. The van der Waals surface area contributed by atoms with Crippen LogP contribution in [0.3, 0.4) is 0 Å². The molecule has 4 rings (SSSR count). The van der Waals surface area contributed by atoms with Gasteiger partial charge in [-0.1, -0.05) is 32.0 Å². The lowest BCUT2D eigenvalue weighted by atomic mass is 9.96. The summed E-state index contributed by atoms with van der Waals surface area (Å²) in [5.74, 6) is 1.31. The Morgan fingerprint density at radius 2 is 1.70 bits per heavy atom. The maximum Gasteiger partial charge on any atom is 0.273 e. The molecule has 0 aromatic heterocycles. The average Bonchev–Trinajstić information content (AvgIpc) is 2.97. The van der Waals surface area contributed by atoms with Gasteiger partial charge in [0.1, 0.15) is 6.29 Å². The highest BCUT2D eigenvalue weighted by atomic mass is 16.6. The number of nitro benzene ring substituents is 1. The number of benzene rings is 2. The maximum absolute atomic E-state index is 11.5. The molecule has 2 aliphatic rings. The van der Waals surface area contributed by atoms with Crippen molar-refractivity contribution in [2.45, 2.75) is 58.2 Å². The Morgan fingerprint density at radius 3 is 2.33 bits per heavy atom. The predicted molar refractivity (Wildman–Crippen MR) is 157 cm³/mol. The van der Waals surface area contributed by atoms with Gasteiger partial charge in [0.2, 0.25) is 0 Å². The van der Waals surface area contributed by atoms with E-state index in [9.17, 15) is 10.1 Å². The van der Waals surface area contributed by atoms with Crippen LogP contribution in [0.5, 0.6) is 11.5 Å². The second kappa shape index (κ2) is 13.6. The third-order valence-corrected chi connectivity index (χ3v) is 8.44. The molecule has 0 spiro atoms. The Labute approximate surface area is 237 Å². The molecule has 0 radical (unpaired) electrons. The molecule has 0 aliphatic carbocycles. The Morgan fingerprint density at radius 1 is 1.05 bits per heavy atom. The highest BCUT2D eigenvalue weighted by Crippen LogP contribution is 2.43. The van der Waals surface area contributed by atoms with Crippen LogP contribution in [0, 0.1) is 10.1 Å². The van der Waals surface area contributed by atoms with E-state index in [-0.39, 0.29) is 22.9 Å². The first kappa shape index (κ1) is 30.0. The van der Waals surface area contributed by atoms with E-state index in [1.54, 1.807) is 26.4 Å². The molecular weight excluding hydrogens is 510 g/mol. The molecule has 0 saturated carbocycles. The largest absolute Gasteiger partial charge is 0.493 e. The van der Waals surface area contributed by atoms with E-state index in [2.05, 4.69) is 33.4 Å². The van der Waals surface area contributed by atoms with Gasteiger partial charge in [0.05, 0.1) is 25.3 Å². The van der Waals surface area contributed by atoms with Crippen LogP contribution >= 0.6 is 0 Å². The summed E-state index contributed by atoms with van der Waals surface area (Å²) in [6.07, 6.45) is 1.94. The lowest BCUT2D eigenvalue weighted by molar-refractivity contribution is -0.385. The molecule has 1 saturated heterocycles. The van der Waals surface area contributed by atoms with Crippen LogP contribution in [-0.2, 0) is 6.54 Å². The van der Waals surface area contributed by atoms with Crippen molar-refractivity contribution in [3.63, 3.8) is 0 Å². The number of nitrogens with two attached hydrogens (primary N) is 2. The van der Waals surface area contributed by atoms with E-state index in [0.717, 1.165) is 75.3 Å². The van der Waals surface area contributed by atoms with Crippen molar-refractivity contribution in [1.82, 2.24) is 14.7 Å². The fourth-order valence-corrected chi connectivity index (χ4v) is 6.14. The zero-order valence-corrected chi connectivity index (χ0v) is 24.3. The minimum Gasteiger partial charge on any atom is -0.493 e. The summed E-state index contributed by atoms with van der Waals surface area (Å²) in [5, 5.41) is 11.5. The van der Waals surface area contributed by atoms with Crippen molar-refractivity contribution < 1.29 is 14.4 Å². The van der Waals surface area contributed by atoms with Crippen LogP contribution in [0.1, 0.15) is 50.4 Å². The van der Waals surface area contributed by atoms with Crippen molar-refractivity contribution in [2.75, 3.05) is 58.4 Å². The molecule has 2 aliphatic heterocycles. The molecule has 2 heterocycles. The standard InChI is InChI=1S/C29H45N7O4/c1-5-32(6-2)14-9-15-34-25-19-27(40-4)26(39-3)18-23(25)28(30)35(29(34)31)22-12-16-33(17-13-22)20-21-10-7-8-11-24(21)36(37)38/h7-8,10-11,18-19,22,28-29H,5-6,9,12-17,20,30-31H2,1-4H3. The number of piperidine rings is 1. The lowest BCUT2D eigenvalue weighted by Crippen LogP contribution is -2.64. The number of likely N-dealkylation sites (tertiary alicyclic amines) is 1. The summed E-state index contributed by atoms with van der Waals surface area (Å²) in [6.45, 7) is 10.4. The van der Waals surface area contributed by atoms with Crippen LogP contribution in [0.4, 0.5) is 11.4 Å². The van der Waals surface area contributed by atoms with Gasteiger partial charge in [-0.25, -0.2) is 4.90 Å². The van der Waals surface area contributed by atoms with Gasteiger partial charge in [-0.05, 0) is 58.1 Å². The predicted octanol–water partition coefficient (Wildman–Crippen LogP) is 3.33. The molecule has 0 bridgehead atoms. The summed E-state index contributed by atoms with van der Waals surface area (Å²) >= 11 is 0. The van der Waals surface area contributed by atoms with E-state index in [1.165, 1.54) is 0 Å². The number of anilines is 1. The summed E-state index contributed by atoms with van der Waals surface area (Å²) in [4.78, 5) is 20.4. The van der Waals surface area contributed by atoms with Crippen molar-refractivity contribution in [3.05, 3.63) is 57.6 Å². The van der Waals surface area contributed by atoms with Gasteiger partial charge in [0.25, 0.3) is 5.69 Å². The molecule has 2 atom stereocenters. The second-order valence-electron chi connectivity index (χ2n) is 10.5. The first-order valence-electron chi connectivity index (χ1n) is 14.3. The minimum absolute atomic E-state index is 0.172. The van der Waals surface area contributed by atoms with Gasteiger partial charge in [-0.2, -0.15) is 0 Å². The van der Waals surface area contributed by atoms with Crippen LogP contribution in [0.25, 0.3) is 0 Å². The van der Waals surface area contributed by atoms with Crippen molar-refractivity contribution in [3.8, 4) is 11.5 Å². The number of rotatable bonds is 12. The fourth-order valence-electron chi connectivity index (χ4n) is 6.14. The van der Waals surface area contributed by atoms with E-state index in [0.29, 0.717) is 18.0 Å². The molecule has 2 aromatic rings. The molecule has 11 nitrogen and oxygen atoms in total. The smallest absolute Gasteiger partial charge is 0.273 e. The second-order valence-corrected chi connectivity index (χ2v) is 10.5. The van der Waals surface area contributed by atoms with Gasteiger partial charge in [-0.3, -0.25) is 20.7 Å². The summed E-state index contributed by atoms with van der Waals surface area (Å²) in [6, 6.07) is 11.1. The van der Waals surface area contributed by atoms with Crippen molar-refractivity contribution in [2.24, 2.45) is 11.5 Å². The van der Waals surface area contributed by atoms with Crippen LogP contribution in [0.2, 0.25) is 0 Å². The van der Waals surface area contributed by atoms with E-state index < -0.39 is 6.17 Å². The molecule has 0 amide bonds. The fraction of sp³-hybridized carbons (Fsp3) is 0.586. The Hall–Kier alpha value is -2.96. The SMILES string of the molecule is CCN(CC)CCCN1c2cc(OC)c(OC)cc2C(N)N(C2CCN(Cc3ccccc3[N+](=O)[O-])CC2)C1N. The van der Waals surface area contributed by atoms with Crippen LogP contribution < -0.4 is 25.8 Å². The van der Waals surface area contributed by atoms with Gasteiger partial charge >= 0.3 is 0 Å². The molecular formula is C29H45N7O4. The zero-order chi connectivity index (χ0) is 28.8. The molecule has 40 heavy (non-hydrogen) atoms. The number of para-hydroxylation sites is 1. The molecule has 220 valence electrons. The number of hydrogen-bond acceptors (Lipinski definition) is 10. The van der Waals surface area contributed by atoms with Crippen molar-refractivity contribution >= 4 is 11.4 Å². The summed E-state index contributed by atoms with van der Waals surface area (Å²) in [7, 11) is 3.28. The van der Waals surface area contributed by atoms with Crippen LogP contribution in [0.15, 0.2) is 36.4 Å². The number of nitro groups is 1. The normalized spacial score (nSPS) is 20.5. The molecule has 11 heteroatoms. The topological polar surface area (TPSA) is 127 Å². The molecule has 2 aromatic carbocycles. The Bertz CT molecular complexity index is 1140. The first-order chi connectivity index (χ1) is 19.3. The molecule has 4 N–H and O–H groups in total. The van der Waals surface area contributed by atoms with E-state index >= 15 is 0 Å². The van der Waals surface area contributed by atoms with Gasteiger partial charge in [0, 0.05) is 48.1 Å². The zero-order valence-electron chi connectivity index (χ0n) is 24.3. The van der Waals surface area contributed by atoms with Gasteiger partial charge in [0.15, 0.2) is 11.5 Å². The highest BCUT2D eigenvalue weighted by molar-refractivity contribution is 5.64.